The van der Waals surface area contributed by atoms with Crippen LogP contribution in [-0.4, -0.2) is 38.1 Å². The van der Waals surface area contributed by atoms with Crippen molar-refractivity contribution in [2.24, 2.45) is 0 Å². The van der Waals surface area contributed by atoms with Crippen molar-refractivity contribution in [3.8, 4) is 11.5 Å². The summed E-state index contributed by atoms with van der Waals surface area (Å²) in [6, 6.07) is 15.0. The van der Waals surface area contributed by atoms with E-state index in [2.05, 4.69) is 65.5 Å². The summed E-state index contributed by atoms with van der Waals surface area (Å²) in [5, 5.41) is 4.26. The molecule has 0 atom stereocenters. The zero-order valence-corrected chi connectivity index (χ0v) is 23.5. The first-order valence-electron chi connectivity index (χ1n) is 13.4. The van der Waals surface area contributed by atoms with Crippen molar-refractivity contribution in [1.29, 1.82) is 0 Å². The van der Waals surface area contributed by atoms with Crippen LogP contribution in [0.25, 0.3) is 0 Å². The fourth-order valence-corrected chi connectivity index (χ4v) is 6.16. The minimum atomic E-state index is -0.0430. The Morgan fingerprint density at radius 1 is 0.556 bits per heavy atom. The van der Waals surface area contributed by atoms with E-state index < -0.39 is 0 Å². The van der Waals surface area contributed by atoms with E-state index in [9.17, 15) is 4.79 Å². The van der Waals surface area contributed by atoms with Gasteiger partial charge in [0, 0.05) is 11.1 Å². The number of ketones is 1. The molecule has 0 radical (unpaired) electrons. The summed E-state index contributed by atoms with van der Waals surface area (Å²) < 4.78 is 0. The van der Waals surface area contributed by atoms with Gasteiger partial charge in [0.15, 0.2) is 5.78 Å². The number of benzene rings is 2. The molecule has 0 aromatic heterocycles. The van der Waals surface area contributed by atoms with Crippen molar-refractivity contribution < 1.29 is 14.5 Å². The second kappa shape index (κ2) is 9.50. The molecule has 0 bridgehead atoms. The summed E-state index contributed by atoms with van der Waals surface area (Å²) in [6.45, 7) is 17.8. The van der Waals surface area contributed by atoms with Crippen molar-refractivity contribution in [2.75, 3.05) is 0 Å². The maximum Gasteiger partial charge on any atom is 0.193 e. The summed E-state index contributed by atoms with van der Waals surface area (Å²) in [7, 11) is 0. The van der Waals surface area contributed by atoms with Gasteiger partial charge >= 0.3 is 0 Å². The number of hydrogen-bond donors (Lipinski definition) is 0. The van der Waals surface area contributed by atoms with Crippen LogP contribution in [0.15, 0.2) is 48.5 Å². The van der Waals surface area contributed by atoms with E-state index in [-0.39, 0.29) is 27.9 Å². The molecule has 2 aliphatic rings. The quantitative estimate of drug-likeness (QED) is 0.389. The number of hydrogen-bond acceptors (Lipinski definition) is 5. The van der Waals surface area contributed by atoms with E-state index >= 15 is 0 Å². The van der Waals surface area contributed by atoms with E-state index in [1.165, 1.54) is 12.8 Å². The van der Waals surface area contributed by atoms with Gasteiger partial charge < -0.3 is 9.68 Å². The maximum atomic E-state index is 13.2. The lowest BCUT2D eigenvalue weighted by Crippen LogP contribution is -2.59. The Bertz CT molecular complexity index is 951. The number of carbonyl (C=O) groups is 1. The Morgan fingerprint density at radius 2 is 0.833 bits per heavy atom. The molecule has 2 aliphatic heterocycles. The van der Waals surface area contributed by atoms with E-state index in [1.54, 1.807) is 0 Å². The molecule has 196 valence electrons. The van der Waals surface area contributed by atoms with Crippen molar-refractivity contribution in [2.45, 2.75) is 116 Å². The molecule has 5 nitrogen and oxygen atoms in total. The largest absolute Gasteiger partial charge is 0.405 e. The Kier molecular flexibility index (Phi) is 7.04. The van der Waals surface area contributed by atoms with Crippen LogP contribution in [0.2, 0.25) is 0 Å². The molecular formula is C31H44N2O3. The van der Waals surface area contributed by atoms with E-state index in [1.807, 2.05) is 48.5 Å². The molecule has 0 unspecified atom stereocenters. The van der Waals surface area contributed by atoms with Crippen LogP contribution < -0.4 is 9.68 Å². The minimum Gasteiger partial charge on any atom is -0.405 e. The third-order valence-corrected chi connectivity index (χ3v) is 7.98. The van der Waals surface area contributed by atoms with Gasteiger partial charge in [-0.2, -0.15) is 0 Å². The van der Waals surface area contributed by atoms with Crippen LogP contribution in [-0.2, 0) is 0 Å². The number of piperidine rings is 2. The van der Waals surface area contributed by atoms with Crippen molar-refractivity contribution in [3.63, 3.8) is 0 Å². The minimum absolute atomic E-state index is 0.00892. The molecule has 5 heteroatoms. The smallest absolute Gasteiger partial charge is 0.193 e. The summed E-state index contributed by atoms with van der Waals surface area (Å²) in [6.07, 6.45) is 6.78. The van der Waals surface area contributed by atoms with Gasteiger partial charge in [-0.1, -0.05) is 0 Å². The summed E-state index contributed by atoms with van der Waals surface area (Å²) >= 11 is 0. The van der Waals surface area contributed by atoms with Crippen LogP contribution in [0.3, 0.4) is 0 Å². The molecule has 2 aromatic carbocycles. The molecule has 2 heterocycles. The topological polar surface area (TPSA) is 42.0 Å². The molecule has 36 heavy (non-hydrogen) atoms. The van der Waals surface area contributed by atoms with Gasteiger partial charge in [-0.25, -0.2) is 0 Å². The highest BCUT2D eigenvalue weighted by atomic mass is 16.7. The summed E-state index contributed by atoms with van der Waals surface area (Å²) in [4.78, 5) is 25.9. The molecule has 0 N–H and O–H groups in total. The van der Waals surface area contributed by atoms with Crippen LogP contribution in [0.5, 0.6) is 11.5 Å². The van der Waals surface area contributed by atoms with Gasteiger partial charge in [-0.15, -0.1) is 10.1 Å². The van der Waals surface area contributed by atoms with E-state index in [0.29, 0.717) is 11.1 Å². The lowest BCUT2D eigenvalue weighted by molar-refractivity contribution is -0.216. The van der Waals surface area contributed by atoms with Gasteiger partial charge in [0.05, 0.1) is 22.2 Å². The predicted octanol–water partition coefficient (Wildman–Crippen LogP) is 7.59. The fraction of sp³-hybridized carbons (Fsp3) is 0.581. The monoisotopic (exact) mass is 492 g/mol. The fourth-order valence-electron chi connectivity index (χ4n) is 6.16. The Balaban J connectivity index is 1.44. The zero-order chi connectivity index (χ0) is 26.4. The molecule has 0 spiro atoms. The van der Waals surface area contributed by atoms with Crippen LogP contribution in [0.1, 0.15) is 110 Å². The molecule has 2 aromatic rings. The van der Waals surface area contributed by atoms with Gasteiger partial charge in [-0.05, 0) is 142 Å². The molecular weight excluding hydrogens is 448 g/mol. The average molecular weight is 493 g/mol. The van der Waals surface area contributed by atoms with Crippen molar-refractivity contribution in [1.82, 2.24) is 10.1 Å². The normalized spacial score (nSPS) is 23.1. The van der Waals surface area contributed by atoms with Gasteiger partial charge in [0.2, 0.25) is 0 Å². The summed E-state index contributed by atoms with van der Waals surface area (Å²) in [5.41, 5.74) is 1.12. The van der Waals surface area contributed by atoms with Crippen molar-refractivity contribution >= 4 is 5.78 Å². The Labute approximate surface area is 217 Å². The highest BCUT2D eigenvalue weighted by Crippen LogP contribution is 2.40. The molecule has 0 aliphatic carbocycles. The number of carbonyl (C=O) groups excluding carboxylic acids is 1. The first-order chi connectivity index (χ1) is 16.7. The first-order valence-corrected chi connectivity index (χ1v) is 13.4. The standard InChI is InChI=1S/C31H44N2O3/c1-28(2)19-9-20-29(3,4)32(28)35-25-15-11-23(12-16-25)27(34)24-13-17-26(18-14-24)36-33-30(5,6)21-10-22-31(33,7)8/h11-18H,9-10,19-22H2,1-8H3. The second-order valence-corrected chi connectivity index (χ2v) is 13.1. The number of nitrogens with zero attached hydrogens (tertiary/aromatic N) is 2. The average Bonchev–Trinajstić information content (AvgIpc) is 2.79. The number of rotatable bonds is 6. The highest BCUT2D eigenvalue weighted by Gasteiger charge is 2.44. The van der Waals surface area contributed by atoms with Gasteiger partial charge in [0.1, 0.15) is 11.5 Å². The van der Waals surface area contributed by atoms with Crippen LogP contribution in [0, 0.1) is 0 Å². The van der Waals surface area contributed by atoms with Gasteiger partial charge in [-0.3, -0.25) is 4.79 Å². The van der Waals surface area contributed by atoms with Crippen LogP contribution >= 0.6 is 0 Å². The second-order valence-electron chi connectivity index (χ2n) is 13.1. The number of hydroxylamine groups is 4. The first kappa shape index (κ1) is 26.7. The maximum absolute atomic E-state index is 13.2. The Morgan fingerprint density at radius 3 is 1.11 bits per heavy atom. The van der Waals surface area contributed by atoms with Crippen molar-refractivity contribution in [3.05, 3.63) is 59.7 Å². The Hall–Kier alpha value is -2.37. The molecule has 0 saturated carbocycles. The lowest BCUT2D eigenvalue weighted by atomic mass is 9.82. The molecule has 4 rings (SSSR count). The van der Waals surface area contributed by atoms with Gasteiger partial charge in [0.25, 0.3) is 0 Å². The van der Waals surface area contributed by atoms with E-state index in [4.69, 9.17) is 9.68 Å². The third kappa shape index (κ3) is 5.47. The lowest BCUT2D eigenvalue weighted by Gasteiger charge is -2.50. The molecule has 0 amide bonds. The summed E-state index contributed by atoms with van der Waals surface area (Å²) in [5.74, 6) is 1.50. The van der Waals surface area contributed by atoms with E-state index in [0.717, 1.165) is 37.2 Å². The molecule has 2 saturated heterocycles. The zero-order valence-electron chi connectivity index (χ0n) is 23.5. The SMILES string of the molecule is CC1(C)CCCC(C)(C)N1Oc1ccc(C(=O)c2ccc(ON3C(C)(C)CCCC3(C)C)cc2)cc1. The highest BCUT2D eigenvalue weighted by molar-refractivity contribution is 6.09. The third-order valence-electron chi connectivity index (χ3n) is 7.98. The molecule has 2 fully saturated rings. The predicted molar refractivity (Wildman–Crippen MR) is 145 cm³/mol. The van der Waals surface area contributed by atoms with Crippen LogP contribution in [0.4, 0.5) is 0 Å².